The monoisotopic (exact) mass is 331 g/mol. The van der Waals surface area contributed by atoms with Crippen molar-refractivity contribution in [1.29, 1.82) is 0 Å². The highest BCUT2D eigenvalue weighted by molar-refractivity contribution is 6.31. The number of benzene rings is 2. The van der Waals surface area contributed by atoms with Gasteiger partial charge in [-0.25, -0.2) is 0 Å². The van der Waals surface area contributed by atoms with Crippen LogP contribution < -0.4 is 10.1 Å². The van der Waals surface area contributed by atoms with Crippen LogP contribution in [-0.2, 0) is 4.79 Å². The molecule has 0 aliphatic heterocycles. The lowest BCUT2D eigenvalue weighted by Gasteiger charge is -2.15. The van der Waals surface area contributed by atoms with Crippen molar-refractivity contribution in [1.82, 2.24) is 5.32 Å². The first kappa shape index (κ1) is 17.4. The molecule has 4 heteroatoms. The lowest BCUT2D eigenvalue weighted by atomic mass is 10.1. The SMILES string of the molecule is Cc1cccc(OCCCC(=O)N[C@H](C)c2ccccc2Cl)c1. The summed E-state index contributed by atoms with van der Waals surface area (Å²) in [7, 11) is 0. The Morgan fingerprint density at radius 1 is 1.22 bits per heavy atom. The molecule has 0 aliphatic carbocycles. The van der Waals surface area contributed by atoms with Gasteiger partial charge in [0.2, 0.25) is 5.91 Å². The van der Waals surface area contributed by atoms with Gasteiger partial charge in [0.25, 0.3) is 0 Å². The summed E-state index contributed by atoms with van der Waals surface area (Å²) in [4.78, 5) is 12.0. The maximum absolute atomic E-state index is 12.0. The molecule has 0 aliphatic rings. The van der Waals surface area contributed by atoms with Gasteiger partial charge in [-0.05, 0) is 49.6 Å². The molecule has 0 saturated carbocycles. The molecule has 0 spiro atoms. The summed E-state index contributed by atoms with van der Waals surface area (Å²) in [5, 5.41) is 3.64. The van der Waals surface area contributed by atoms with Crippen molar-refractivity contribution in [3.63, 3.8) is 0 Å². The zero-order chi connectivity index (χ0) is 16.7. The van der Waals surface area contributed by atoms with Gasteiger partial charge < -0.3 is 10.1 Å². The second kappa shape index (κ2) is 8.59. The summed E-state index contributed by atoms with van der Waals surface area (Å²) in [5.41, 5.74) is 2.09. The van der Waals surface area contributed by atoms with Crippen LogP contribution in [0.4, 0.5) is 0 Å². The van der Waals surface area contributed by atoms with E-state index in [9.17, 15) is 4.79 Å². The zero-order valence-corrected chi connectivity index (χ0v) is 14.3. The van der Waals surface area contributed by atoms with Crippen LogP contribution in [0.3, 0.4) is 0 Å². The van der Waals surface area contributed by atoms with Crippen molar-refractivity contribution in [2.75, 3.05) is 6.61 Å². The number of rotatable bonds is 7. The average Bonchev–Trinajstić information content (AvgIpc) is 2.52. The summed E-state index contributed by atoms with van der Waals surface area (Å²) in [6.07, 6.45) is 1.11. The molecule has 0 unspecified atom stereocenters. The van der Waals surface area contributed by atoms with E-state index in [-0.39, 0.29) is 11.9 Å². The third-order valence-corrected chi connectivity index (χ3v) is 3.90. The molecule has 2 aromatic carbocycles. The van der Waals surface area contributed by atoms with Crippen molar-refractivity contribution < 1.29 is 9.53 Å². The van der Waals surface area contributed by atoms with Crippen molar-refractivity contribution in [3.8, 4) is 5.75 Å². The Kier molecular flexibility index (Phi) is 6.48. The van der Waals surface area contributed by atoms with E-state index in [4.69, 9.17) is 16.3 Å². The van der Waals surface area contributed by atoms with Crippen molar-refractivity contribution in [2.24, 2.45) is 0 Å². The van der Waals surface area contributed by atoms with E-state index < -0.39 is 0 Å². The maximum atomic E-state index is 12.0. The number of carbonyl (C=O) groups excluding carboxylic acids is 1. The Balaban J connectivity index is 1.72. The highest BCUT2D eigenvalue weighted by Crippen LogP contribution is 2.22. The van der Waals surface area contributed by atoms with Gasteiger partial charge in [0.1, 0.15) is 5.75 Å². The first-order valence-corrected chi connectivity index (χ1v) is 8.17. The van der Waals surface area contributed by atoms with E-state index in [1.165, 1.54) is 0 Å². The second-order valence-corrected chi connectivity index (χ2v) is 5.99. The number of hydrogen-bond donors (Lipinski definition) is 1. The number of halogens is 1. The van der Waals surface area contributed by atoms with Crippen molar-refractivity contribution >= 4 is 17.5 Å². The molecule has 2 rings (SSSR count). The quantitative estimate of drug-likeness (QED) is 0.748. The lowest BCUT2D eigenvalue weighted by Crippen LogP contribution is -2.26. The fourth-order valence-electron chi connectivity index (χ4n) is 2.35. The summed E-state index contributed by atoms with van der Waals surface area (Å²) in [5.74, 6) is 0.847. The number of hydrogen-bond acceptors (Lipinski definition) is 2. The Labute approximate surface area is 142 Å². The fourth-order valence-corrected chi connectivity index (χ4v) is 2.64. The van der Waals surface area contributed by atoms with Crippen molar-refractivity contribution in [2.45, 2.75) is 32.7 Å². The molecule has 23 heavy (non-hydrogen) atoms. The number of nitrogens with one attached hydrogen (secondary N) is 1. The van der Waals surface area contributed by atoms with E-state index >= 15 is 0 Å². The Bertz CT molecular complexity index is 657. The Morgan fingerprint density at radius 3 is 2.74 bits per heavy atom. The predicted molar refractivity (Wildman–Crippen MR) is 93.9 cm³/mol. The third kappa shape index (κ3) is 5.61. The largest absolute Gasteiger partial charge is 0.494 e. The molecule has 0 heterocycles. The van der Waals surface area contributed by atoms with E-state index in [1.54, 1.807) is 0 Å². The average molecular weight is 332 g/mol. The Hall–Kier alpha value is -2.00. The first-order valence-electron chi connectivity index (χ1n) is 7.79. The molecule has 3 nitrogen and oxygen atoms in total. The van der Waals surface area contributed by atoms with Gasteiger partial charge in [0.05, 0.1) is 12.6 Å². The second-order valence-electron chi connectivity index (χ2n) is 5.58. The van der Waals surface area contributed by atoms with Gasteiger partial charge in [-0.3, -0.25) is 4.79 Å². The van der Waals surface area contributed by atoms with Crippen molar-refractivity contribution in [3.05, 3.63) is 64.7 Å². The fraction of sp³-hybridized carbons (Fsp3) is 0.316. The minimum Gasteiger partial charge on any atom is -0.494 e. The minimum atomic E-state index is -0.103. The van der Waals surface area contributed by atoms with Gasteiger partial charge >= 0.3 is 0 Å². The molecule has 0 fully saturated rings. The van der Waals surface area contributed by atoms with E-state index in [0.717, 1.165) is 16.9 Å². The molecule has 0 aromatic heterocycles. The highest BCUT2D eigenvalue weighted by Gasteiger charge is 2.11. The topological polar surface area (TPSA) is 38.3 Å². The molecule has 2 aromatic rings. The summed E-state index contributed by atoms with van der Waals surface area (Å²) < 4.78 is 5.64. The molecular formula is C19H22ClNO2. The summed E-state index contributed by atoms with van der Waals surface area (Å²) in [6.45, 7) is 4.48. The van der Waals surface area contributed by atoms with E-state index in [2.05, 4.69) is 5.32 Å². The Morgan fingerprint density at radius 2 is 2.00 bits per heavy atom. The van der Waals surface area contributed by atoms with Gasteiger partial charge in [-0.2, -0.15) is 0 Å². The highest BCUT2D eigenvalue weighted by atomic mass is 35.5. The summed E-state index contributed by atoms with van der Waals surface area (Å²) in [6, 6.07) is 15.3. The van der Waals surface area contributed by atoms with Gasteiger partial charge in [0, 0.05) is 11.4 Å². The van der Waals surface area contributed by atoms with Crippen LogP contribution in [0.25, 0.3) is 0 Å². The van der Waals surface area contributed by atoms with Gasteiger partial charge in [-0.1, -0.05) is 41.9 Å². The van der Waals surface area contributed by atoms with E-state index in [1.807, 2.05) is 62.4 Å². The van der Waals surface area contributed by atoms with Crippen LogP contribution in [0.5, 0.6) is 5.75 Å². The van der Waals surface area contributed by atoms with Gasteiger partial charge in [0.15, 0.2) is 0 Å². The molecule has 0 saturated heterocycles. The number of ether oxygens (including phenoxy) is 1. The van der Waals surface area contributed by atoms with Crippen LogP contribution in [0.1, 0.15) is 36.9 Å². The summed E-state index contributed by atoms with van der Waals surface area (Å²) >= 11 is 6.14. The normalized spacial score (nSPS) is 11.8. The number of aryl methyl sites for hydroxylation is 1. The van der Waals surface area contributed by atoms with Crippen LogP contribution in [-0.4, -0.2) is 12.5 Å². The molecule has 122 valence electrons. The molecule has 0 bridgehead atoms. The minimum absolute atomic E-state index is 0.00487. The third-order valence-electron chi connectivity index (χ3n) is 3.56. The zero-order valence-electron chi connectivity index (χ0n) is 13.5. The van der Waals surface area contributed by atoms with Crippen LogP contribution >= 0.6 is 11.6 Å². The smallest absolute Gasteiger partial charge is 0.220 e. The molecule has 0 radical (unpaired) electrons. The number of carbonyl (C=O) groups is 1. The standard InChI is InChI=1S/C19H22ClNO2/c1-14-7-5-8-16(13-14)23-12-6-11-19(22)21-15(2)17-9-3-4-10-18(17)20/h3-5,7-10,13,15H,6,11-12H2,1-2H3,(H,21,22)/t15-/m1/s1. The molecule has 1 atom stereocenters. The molecule has 1 N–H and O–H groups in total. The molecule has 1 amide bonds. The van der Waals surface area contributed by atoms with Crippen LogP contribution in [0.2, 0.25) is 5.02 Å². The maximum Gasteiger partial charge on any atom is 0.220 e. The first-order chi connectivity index (χ1) is 11.1. The lowest BCUT2D eigenvalue weighted by molar-refractivity contribution is -0.121. The van der Waals surface area contributed by atoms with Crippen LogP contribution in [0.15, 0.2) is 48.5 Å². The molecular weight excluding hydrogens is 310 g/mol. The van der Waals surface area contributed by atoms with E-state index in [0.29, 0.717) is 24.5 Å². The number of amides is 1. The predicted octanol–water partition coefficient (Wildman–Crippen LogP) is 4.68. The van der Waals surface area contributed by atoms with Gasteiger partial charge in [-0.15, -0.1) is 0 Å². The van der Waals surface area contributed by atoms with Crippen LogP contribution in [0, 0.1) is 6.92 Å².